The van der Waals surface area contributed by atoms with E-state index in [-0.39, 0.29) is 0 Å². The van der Waals surface area contributed by atoms with Gasteiger partial charge in [0.05, 0.1) is 0 Å². The Morgan fingerprint density at radius 2 is 2.16 bits per heavy atom. The summed E-state index contributed by atoms with van der Waals surface area (Å²) in [5, 5.41) is 7.64. The van der Waals surface area contributed by atoms with Gasteiger partial charge in [0.1, 0.15) is 22.9 Å². The van der Waals surface area contributed by atoms with Crippen molar-refractivity contribution in [3.63, 3.8) is 0 Å². The van der Waals surface area contributed by atoms with Crippen molar-refractivity contribution in [3.05, 3.63) is 23.8 Å². The zero-order chi connectivity index (χ0) is 14.0. The average Bonchev–Trinajstić information content (AvgIpc) is 2.69. The van der Waals surface area contributed by atoms with E-state index in [9.17, 15) is 9.59 Å². The number of carbonyl (C=O) groups is 2. The molecule has 2 aromatic rings. The molecule has 1 heterocycles. The van der Waals surface area contributed by atoms with E-state index in [1.807, 2.05) is 0 Å². The van der Waals surface area contributed by atoms with Crippen molar-refractivity contribution >= 4 is 23.4 Å². The maximum absolute atomic E-state index is 11.6. The summed E-state index contributed by atoms with van der Waals surface area (Å²) in [5.41, 5.74) is 3.45. The number of rotatable bonds is 2. The maximum atomic E-state index is 11.6. The van der Waals surface area contributed by atoms with Gasteiger partial charge >= 0.3 is 6.09 Å². The molecule has 0 spiro atoms. The Morgan fingerprint density at radius 3 is 2.79 bits per heavy atom. The topological polar surface area (TPSA) is 86.1 Å². The number of hydrogen-bond acceptors (Lipinski definition) is 5. The van der Waals surface area contributed by atoms with E-state index >= 15 is 0 Å². The third kappa shape index (κ3) is 3.06. The fraction of sp³-hybridized carbons (Fsp3) is 0.333. The predicted octanol–water partition coefficient (Wildman–Crippen LogP) is 1.72. The molecule has 0 aliphatic carbocycles. The molecule has 0 aliphatic heterocycles. The van der Waals surface area contributed by atoms with Gasteiger partial charge in [0.25, 0.3) is 0 Å². The molecule has 0 radical (unpaired) electrons. The van der Waals surface area contributed by atoms with Crippen LogP contribution in [0.5, 0.6) is 0 Å². The van der Waals surface area contributed by atoms with Gasteiger partial charge in [-0.25, -0.2) is 10.2 Å². The highest BCUT2D eigenvalue weighted by Gasteiger charge is 2.17. The van der Waals surface area contributed by atoms with E-state index in [0.717, 1.165) is 6.29 Å². The summed E-state index contributed by atoms with van der Waals surface area (Å²) in [6, 6.07) is 4.85. The van der Waals surface area contributed by atoms with Crippen LogP contribution in [0.4, 0.5) is 4.79 Å². The molecule has 1 amide bonds. The van der Waals surface area contributed by atoms with Crippen LogP contribution >= 0.6 is 0 Å². The zero-order valence-electron chi connectivity index (χ0n) is 10.9. The molecule has 0 saturated heterocycles. The Bertz CT molecular complexity index is 627. The molecule has 0 saturated carbocycles. The molecule has 0 fully saturated rings. The Hall–Kier alpha value is -2.44. The standard InChI is InChI=1S/C12H14N4O3/c1-12(2,3)19-11(18)14-16-10-5-4-8(7-17)6-9(10)13-15-16/h4-7H,1-3H3,(H,14,18). The molecule has 0 aliphatic rings. The van der Waals surface area contributed by atoms with E-state index < -0.39 is 11.7 Å². The first-order valence-corrected chi connectivity index (χ1v) is 5.70. The van der Waals surface area contributed by atoms with Crippen LogP contribution in [0.1, 0.15) is 31.1 Å². The van der Waals surface area contributed by atoms with Crippen molar-refractivity contribution in [2.45, 2.75) is 26.4 Å². The Morgan fingerprint density at radius 1 is 1.42 bits per heavy atom. The fourth-order valence-electron chi connectivity index (χ4n) is 1.48. The van der Waals surface area contributed by atoms with Crippen molar-refractivity contribution in [2.75, 3.05) is 5.43 Å². The number of aldehydes is 1. The monoisotopic (exact) mass is 262 g/mol. The Kier molecular flexibility index (Phi) is 3.20. The zero-order valence-corrected chi connectivity index (χ0v) is 10.9. The average molecular weight is 262 g/mol. The number of benzene rings is 1. The summed E-state index contributed by atoms with van der Waals surface area (Å²) in [5.74, 6) is 0. The number of nitrogens with one attached hydrogen (secondary N) is 1. The van der Waals surface area contributed by atoms with Crippen LogP contribution < -0.4 is 5.43 Å². The smallest absolute Gasteiger partial charge is 0.428 e. The van der Waals surface area contributed by atoms with Crippen molar-refractivity contribution in [1.29, 1.82) is 0 Å². The minimum absolute atomic E-state index is 0.497. The van der Waals surface area contributed by atoms with Crippen molar-refractivity contribution in [1.82, 2.24) is 15.1 Å². The van der Waals surface area contributed by atoms with Crippen LogP contribution in [0, 0.1) is 0 Å². The lowest BCUT2D eigenvalue weighted by Gasteiger charge is -2.19. The van der Waals surface area contributed by atoms with Crippen LogP contribution in [-0.2, 0) is 4.74 Å². The normalized spacial score (nSPS) is 11.3. The third-order valence-electron chi connectivity index (χ3n) is 2.20. The number of nitrogens with zero attached hydrogens (tertiary/aromatic N) is 3. The largest absolute Gasteiger partial charge is 0.443 e. The minimum Gasteiger partial charge on any atom is -0.443 e. The van der Waals surface area contributed by atoms with Crippen molar-refractivity contribution in [3.8, 4) is 0 Å². The first-order valence-electron chi connectivity index (χ1n) is 5.70. The van der Waals surface area contributed by atoms with Gasteiger partial charge in [-0.3, -0.25) is 4.79 Å². The lowest BCUT2D eigenvalue weighted by molar-refractivity contribution is 0.0610. The lowest BCUT2D eigenvalue weighted by atomic mass is 10.2. The van der Waals surface area contributed by atoms with E-state index in [1.54, 1.807) is 39.0 Å². The number of carbonyl (C=O) groups excluding carboxylic acids is 2. The Balaban J connectivity index is 2.22. The third-order valence-corrected chi connectivity index (χ3v) is 2.20. The molecule has 0 bridgehead atoms. The van der Waals surface area contributed by atoms with E-state index in [1.165, 1.54) is 4.79 Å². The summed E-state index contributed by atoms with van der Waals surface area (Å²) in [4.78, 5) is 23.5. The summed E-state index contributed by atoms with van der Waals surface area (Å²) >= 11 is 0. The second-order valence-electron chi connectivity index (χ2n) is 4.98. The maximum Gasteiger partial charge on any atom is 0.428 e. The molecule has 2 rings (SSSR count). The highest BCUT2D eigenvalue weighted by Crippen LogP contribution is 2.12. The van der Waals surface area contributed by atoms with Gasteiger partial charge in [-0.1, -0.05) is 0 Å². The predicted molar refractivity (Wildman–Crippen MR) is 68.5 cm³/mol. The van der Waals surface area contributed by atoms with E-state index in [4.69, 9.17) is 4.74 Å². The molecule has 1 aromatic carbocycles. The molecule has 7 heteroatoms. The molecule has 100 valence electrons. The number of amides is 1. The Labute approximate surface area is 109 Å². The summed E-state index contributed by atoms with van der Waals surface area (Å²) in [6.45, 7) is 5.30. The van der Waals surface area contributed by atoms with Gasteiger partial charge in [-0.15, -0.1) is 9.89 Å². The number of hydrogen-bond donors (Lipinski definition) is 1. The van der Waals surface area contributed by atoms with Gasteiger partial charge in [0.2, 0.25) is 0 Å². The van der Waals surface area contributed by atoms with Crippen LogP contribution in [0.3, 0.4) is 0 Å². The highest BCUT2D eigenvalue weighted by molar-refractivity contribution is 5.86. The van der Waals surface area contributed by atoms with Crippen LogP contribution in [0.15, 0.2) is 18.2 Å². The quantitative estimate of drug-likeness (QED) is 0.833. The van der Waals surface area contributed by atoms with Gasteiger partial charge in [0, 0.05) is 5.56 Å². The van der Waals surface area contributed by atoms with Gasteiger partial charge in [-0.2, -0.15) is 0 Å². The SMILES string of the molecule is CC(C)(C)OC(=O)Nn1nnc2cc(C=O)ccc21. The number of aromatic nitrogens is 3. The molecule has 1 N–H and O–H groups in total. The molecule has 19 heavy (non-hydrogen) atoms. The summed E-state index contributed by atoms with van der Waals surface area (Å²) in [7, 11) is 0. The van der Waals surface area contributed by atoms with Gasteiger partial charge in [-0.05, 0) is 44.2 Å². The molecular weight excluding hydrogens is 248 g/mol. The molecule has 0 atom stereocenters. The second kappa shape index (κ2) is 4.68. The fourth-order valence-corrected chi connectivity index (χ4v) is 1.48. The number of fused-ring (bicyclic) bond motifs is 1. The van der Waals surface area contributed by atoms with Crippen LogP contribution in [0.25, 0.3) is 11.0 Å². The molecule has 1 aromatic heterocycles. The van der Waals surface area contributed by atoms with Crippen molar-refractivity contribution in [2.24, 2.45) is 0 Å². The minimum atomic E-state index is -0.626. The lowest BCUT2D eigenvalue weighted by Crippen LogP contribution is -2.32. The van der Waals surface area contributed by atoms with Crippen molar-refractivity contribution < 1.29 is 14.3 Å². The molecule has 7 nitrogen and oxygen atoms in total. The first-order chi connectivity index (χ1) is 8.89. The van der Waals surface area contributed by atoms with Crippen LogP contribution in [-0.4, -0.2) is 33.1 Å². The first kappa shape index (κ1) is 13.0. The van der Waals surface area contributed by atoms with Crippen LogP contribution in [0.2, 0.25) is 0 Å². The molecular formula is C12H14N4O3. The summed E-state index contributed by atoms with van der Waals surface area (Å²) < 4.78 is 5.11. The second-order valence-corrected chi connectivity index (χ2v) is 4.98. The van der Waals surface area contributed by atoms with Gasteiger partial charge < -0.3 is 4.74 Å². The van der Waals surface area contributed by atoms with E-state index in [2.05, 4.69) is 15.7 Å². The molecule has 0 unspecified atom stereocenters. The van der Waals surface area contributed by atoms with E-state index in [0.29, 0.717) is 16.6 Å². The number of ether oxygens (including phenoxy) is 1. The highest BCUT2D eigenvalue weighted by atomic mass is 16.6. The van der Waals surface area contributed by atoms with Gasteiger partial charge in [0.15, 0.2) is 0 Å². The summed E-state index contributed by atoms with van der Waals surface area (Å²) in [6.07, 6.45) is 0.0958.